The maximum absolute atomic E-state index is 13.2. The van der Waals surface area contributed by atoms with E-state index < -0.39 is 0 Å². The van der Waals surface area contributed by atoms with Crippen molar-refractivity contribution in [3.05, 3.63) is 69.5 Å². The number of H-pyrrole nitrogens is 1. The summed E-state index contributed by atoms with van der Waals surface area (Å²) >= 11 is 6.24. The predicted octanol–water partition coefficient (Wildman–Crippen LogP) is 3.95. The zero-order valence-electron chi connectivity index (χ0n) is 19.2. The van der Waals surface area contributed by atoms with Crippen molar-refractivity contribution in [2.24, 2.45) is 0 Å². The first-order chi connectivity index (χ1) is 16.5. The van der Waals surface area contributed by atoms with Gasteiger partial charge in [0.2, 0.25) is 0 Å². The number of rotatable bonds is 8. The largest absolute Gasteiger partial charge is 0.494 e. The summed E-state index contributed by atoms with van der Waals surface area (Å²) in [5.74, 6) is 0.730. The number of halogens is 1. The SMILES string of the molecule is CCOc1ccc2[nH]c(=O)c(CN(CCN3CCOCC3)C(=O)Nc3ccccc3Cl)cc2c1. The van der Waals surface area contributed by atoms with Gasteiger partial charge < -0.3 is 24.7 Å². The molecule has 180 valence electrons. The molecule has 2 N–H and O–H groups in total. The van der Waals surface area contributed by atoms with Crippen molar-refractivity contribution in [2.45, 2.75) is 13.5 Å². The van der Waals surface area contributed by atoms with Crippen LogP contribution >= 0.6 is 11.6 Å². The van der Waals surface area contributed by atoms with E-state index in [-0.39, 0.29) is 18.1 Å². The molecule has 2 aromatic carbocycles. The van der Waals surface area contributed by atoms with Crippen molar-refractivity contribution in [3.63, 3.8) is 0 Å². The molecule has 1 saturated heterocycles. The van der Waals surface area contributed by atoms with Crippen molar-refractivity contribution in [2.75, 3.05) is 51.3 Å². The van der Waals surface area contributed by atoms with Gasteiger partial charge in [0.1, 0.15) is 5.75 Å². The molecule has 1 fully saturated rings. The lowest BCUT2D eigenvalue weighted by molar-refractivity contribution is 0.0349. The van der Waals surface area contributed by atoms with Gasteiger partial charge in [-0.25, -0.2) is 4.79 Å². The molecule has 0 radical (unpaired) electrons. The highest BCUT2D eigenvalue weighted by Gasteiger charge is 2.19. The minimum atomic E-state index is -0.316. The fourth-order valence-electron chi connectivity index (χ4n) is 3.91. The number of urea groups is 1. The second-order valence-electron chi connectivity index (χ2n) is 8.09. The molecule has 8 nitrogen and oxygen atoms in total. The molecule has 0 spiro atoms. The van der Waals surface area contributed by atoms with E-state index in [9.17, 15) is 9.59 Å². The van der Waals surface area contributed by atoms with Gasteiger partial charge in [-0.3, -0.25) is 9.69 Å². The molecule has 0 unspecified atom stereocenters. The Morgan fingerprint density at radius 3 is 2.76 bits per heavy atom. The second kappa shape index (κ2) is 11.4. The summed E-state index contributed by atoms with van der Waals surface area (Å²) in [5, 5.41) is 4.18. The molecule has 0 aliphatic carbocycles. The Bertz CT molecular complexity index is 1190. The first-order valence-electron chi connectivity index (χ1n) is 11.4. The third-order valence-electron chi connectivity index (χ3n) is 5.76. The molecule has 1 aliphatic heterocycles. The van der Waals surface area contributed by atoms with Crippen molar-refractivity contribution in [3.8, 4) is 5.75 Å². The molecule has 2 amide bonds. The highest BCUT2D eigenvalue weighted by molar-refractivity contribution is 6.33. The quantitative estimate of drug-likeness (QED) is 0.505. The second-order valence-corrected chi connectivity index (χ2v) is 8.50. The van der Waals surface area contributed by atoms with Gasteiger partial charge >= 0.3 is 6.03 Å². The molecule has 2 heterocycles. The number of ether oxygens (including phenoxy) is 2. The van der Waals surface area contributed by atoms with Gasteiger partial charge in [-0.05, 0) is 43.3 Å². The maximum Gasteiger partial charge on any atom is 0.322 e. The molecule has 0 saturated carbocycles. The van der Waals surface area contributed by atoms with E-state index in [0.29, 0.717) is 49.2 Å². The van der Waals surface area contributed by atoms with Crippen LogP contribution in [0.5, 0.6) is 5.75 Å². The summed E-state index contributed by atoms with van der Waals surface area (Å²) in [5.41, 5.74) is 1.52. The van der Waals surface area contributed by atoms with Crippen LogP contribution in [0.1, 0.15) is 12.5 Å². The lowest BCUT2D eigenvalue weighted by Crippen LogP contribution is -2.44. The van der Waals surface area contributed by atoms with Crippen LogP contribution in [0, 0.1) is 0 Å². The van der Waals surface area contributed by atoms with Crippen LogP contribution in [-0.4, -0.2) is 66.8 Å². The Kier molecular flexibility index (Phi) is 8.05. The molecule has 0 bridgehead atoms. The lowest BCUT2D eigenvalue weighted by Gasteiger charge is -2.30. The summed E-state index contributed by atoms with van der Waals surface area (Å²) in [7, 11) is 0. The van der Waals surface area contributed by atoms with E-state index in [0.717, 1.165) is 29.7 Å². The van der Waals surface area contributed by atoms with Gasteiger partial charge in [0.15, 0.2) is 0 Å². The summed E-state index contributed by atoms with van der Waals surface area (Å²) in [6.07, 6.45) is 0. The van der Waals surface area contributed by atoms with E-state index in [2.05, 4.69) is 15.2 Å². The molecule has 0 atom stereocenters. The van der Waals surface area contributed by atoms with Crippen molar-refractivity contribution in [1.29, 1.82) is 0 Å². The number of anilines is 1. The van der Waals surface area contributed by atoms with Gasteiger partial charge in [-0.2, -0.15) is 0 Å². The summed E-state index contributed by atoms with van der Waals surface area (Å²) in [6, 6.07) is 14.1. The highest BCUT2D eigenvalue weighted by Crippen LogP contribution is 2.22. The molecule has 3 aromatic rings. The van der Waals surface area contributed by atoms with Crippen molar-refractivity contribution < 1.29 is 14.3 Å². The Morgan fingerprint density at radius 1 is 1.21 bits per heavy atom. The molecule has 9 heteroatoms. The number of nitrogens with zero attached hydrogens (tertiary/aromatic N) is 2. The van der Waals surface area contributed by atoms with E-state index in [1.54, 1.807) is 23.1 Å². The molecule has 34 heavy (non-hydrogen) atoms. The fourth-order valence-corrected chi connectivity index (χ4v) is 4.09. The molecular weight excluding hydrogens is 456 g/mol. The smallest absolute Gasteiger partial charge is 0.322 e. The average molecular weight is 485 g/mol. The Morgan fingerprint density at radius 2 is 2.00 bits per heavy atom. The number of hydrogen-bond acceptors (Lipinski definition) is 5. The summed E-state index contributed by atoms with van der Waals surface area (Å²) in [4.78, 5) is 32.9. The first kappa shape index (κ1) is 24.1. The van der Waals surface area contributed by atoms with Crippen molar-refractivity contribution >= 4 is 34.2 Å². The van der Waals surface area contributed by atoms with Crippen LogP contribution in [0.4, 0.5) is 10.5 Å². The maximum atomic E-state index is 13.2. The van der Waals surface area contributed by atoms with E-state index in [4.69, 9.17) is 21.1 Å². The Hall–Kier alpha value is -3.07. The minimum absolute atomic E-state index is 0.158. The Balaban J connectivity index is 1.57. The number of carbonyl (C=O) groups is 1. The number of para-hydroxylation sites is 1. The molecule has 4 rings (SSSR count). The zero-order valence-corrected chi connectivity index (χ0v) is 19.9. The lowest BCUT2D eigenvalue weighted by atomic mass is 10.1. The average Bonchev–Trinajstić information content (AvgIpc) is 2.84. The molecule has 1 aromatic heterocycles. The third-order valence-corrected chi connectivity index (χ3v) is 6.09. The third kappa shape index (κ3) is 6.08. The van der Waals surface area contributed by atoms with Crippen LogP contribution in [0.3, 0.4) is 0 Å². The number of aromatic amines is 1. The summed E-state index contributed by atoms with van der Waals surface area (Å²) in [6.45, 7) is 6.76. The topological polar surface area (TPSA) is 86.9 Å². The first-order valence-corrected chi connectivity index (χ1v) is 11.8. The number of amides is 2. The van der Waals surface area contributed by atoms with Crippen LogP contribution in [0.15, 0.2) is 53.3 Å². The number of carbonyl (C=O) groups excluding carboxylic acids is 1. The monoisotopic (exact) mass is 484 g/mol. The van der Waals surface area contributed by atoms with Gasteiger partial charge in [0.05, 0.1) is 37.1 Å². The fraction of sp³-hybridized carbons (Fsp3) is 0.360. The standard InChI is InChI=1S/C25H29ClN4O4/c1-2-34-20-7-8-22-18(16-20)15-19(24(31)27-22)17-30(10-9-29-11-13-33-14-12-29)25(32)28-23-6-4-3-5-21(23)26/h3-8,15-16H,2,9-14,17H2,1H3,(H,27,31)(H,28,32). The van der Waals surface area contributed by atoms with E-state index in [1.165, 1.54) is 0 Å². The number of aromatic nitrogens is 1. The normalized spacial score (nSPS) is 14.2. The minimum Gasteiger partial charge on any atom is -0.494 e. The van der Waals surface area contributed by atoms with E-state index >= 15 is 0 Å². The number of hydrogen-bond donors (Lipinski definition) is 2. The zero-order chi connectivity index (χ0) is 23.9. The van der Waals surface area contributed by atoms with Crippen LogP contribution < -0.4 is 15.6 Å². The number of pyridine rings is 1. The number of nitrogens with one attached hydrogen (secondary N) is 2. The molecular formula is C25H29ClN4O4. The van der Waals surface area contributed by atoms with Gasteiger partial charge in [0.25, 0.3) is 5.56 Å². The predicted molar refractivity (Wildman–Crippen MR) is 134 cm³/mol. The number of fused-ring (bicyclic) bond motifs is 1. The number of morpholine rings is 1. The van der Waals surface area contributed by atoms with Crippen LogP contribution in [0.2, 0.25) is 5.02 Å². The molecule has 1 aliphatic rings. The van der Waals surface area contributed by atoms with Crippen LogP contribution in [-0.2, 0) is 11.3 Å². The van der Waals surface area contributed by atoms with Gasteiger partial charge in [0, 0.05) is 42.6 Å². The number of benzene rings is 2. The Labute approximate surface area is 203 Å². The van der Waals surface area contributed by atoms with E-state index in [1.807, 2.05) is 37.3 Å². The highest BCUT2D eigenvalue weighted by atomic mass is 35.5. The van der Waals surface area contributed by atoms with Gasteiger partial charge in [-0.15, -0.1) is 0 Å². The van der Waals surface area contributed by atoms with Crippen molar-refractivity contribution in [1.82, 2.24) is 14.8 Å². The summed E-state index contributed by atoms with van der Waals surface area (Å²) < 4.78 is 11.0. The van der Waals surface area contributed by atoms with Gasteiger partial charge in [-0.1, -0.05) is 23.7 Å². The van der Waals surface area contributed by atoms with Crippen LogP contribution in [0.25, 0.3) is 10.9 Å².